The highest BCUT2D eigenvalue weighted by atomic mass is 79.9. The Balaban J connectivity index is 1.58. The fourth-order valence-corrected chi connectivity index (χ4v) is 2.72. The third kappa shape index (κ3) is 5.58. The summed E-state index contributed by atoms with van der Waals surface area (Å²) in [6.45, 7) is 0. The van der Waals surface area contributed by atoms with Gasteiger partial charge in [-0.15, -0.1) is 0 Å². The molecular weight excluding hydrogens is 452 g/mol. The van der Waals surface area contributed by atoms with Crippen molar-refractivity contribution in [3.05, 3.63) is 104 Å². The number of carbonyl (C=O) groups is 2. The van der Waals surface area contributed by atoms with Gasteiger partial charge in [0.25, 0.3) is 17.5 Å². The molecule has 3 rings (SSSR count). The van der Waals surface area contributed by atoms with E-state index in [9.17, 15) is 19.7 Å². The van der Waals surface area contributed by atoms with Crippen LogP contribution in [0.25, 0.3) is 0 Å². The molecule has 3 aromatic rings. The molecule has 2 N–H and O–H groups in total. The van der Waals surface area contributed by atoms with E-state index in [1.165, 1.54) is 24.4 Å². The highest BCUT2D eigenvalue weighted by molar-refractivity contribution is 9.10. The van der Waals surface area contributed by atoms with Crippen molar-refractivity contribution >= 4 is 45.3 Å². The van der Waals surface area contributed by atoms with Gasteiger partial charge >= 0.3 is 0 Å². The third-order valence-corrected chi connectivity index (χ3v) is 4.50. The summed E-state index contributed by atoms with van der Waals surface area (Å²) in [4.78, 5) is 34.7. The first-order valence-electron chi connectivity index (χ1n) is 8.67. The largest absolute Gasteiger partial charge is 0.322 e. The molecule has 0 radical (unpaired) electrons. The van der Waals surface area contributed by atoms with Crippen molar-refractivity contribution in [1.82, 2.24) is 5.43 Å². The number of nitro groups is 1. The van der Waals surface area contributed by atoms with Gasteiger partial charge in [-0.3, -0.25) is 19.7 Å². The molecule has 0 bridgehead atoms. The summed E-state index contributed by atoms with van der Waals surface area (Å²) in [6, 6.07) is 19.1. The van der Waals surface area contributed by atoms with E-state index < -0.39 is 10.8 Å². The quantitative estimate of drug-likeness (QED) is 0.318. The van der Waals surface area contributed by atoms with E-state index in [-0.39, 0.29) is 11.6 Å². The van der Waals surface area contributed by atoms with Crippen molar-refractivity contribution < 1.29 is 14.5 Å². The van der Waals surface area contributed by atoms with Gasteiger partial charge in [0.1, 0.15) is 0 Å². The van der Waals surface area contributed by atoms with Gasteiger partial charge in [0, 0.05) is 39.0 Å². The highest BCUT2D eigenvalue weighted by Crippen LogP contribution is 2.14. The van der Waals surface area contributed by atoms with Crippen LogP contribution in [-0.2, 0) is 0 Å². The molecule has 0 aliphatic rings. The molecule has 0 aliphatic carbocycles. The first-order chi connectivity index (χ1) is 14.4. The molecule has 0 aliphatic heterocycles. The number of carbonyl (C=O) groups excluding carboxylic acids is 2. The predicted octanol–water partition coefficient (Wildman–Crippen LogP) is 4.37. The third-order valence-electron chi connectivity index (χ3n) is 3.97. The van der Waals surface area contributed by atoms with E-state index in [0.29, 0.717) is 22.4 Å². The minimum absolute atomic E-state index is 0.0638. The van der Waals surface area contributed by atoms with Crippen LogP contribution in [-0.4, -0.2) is 23.0 Å². The Bertz CT molecular complexity index is 1110. The molecule has 2 amide bonds. The first kappa shape index (κ1) is 20.9. The second-order valence-corrected chi connectivity index (χ2v) is 7.01. The predicted molar refractivity (Wildman–Crippen MR) is 117 cm³/mol. The minimum Gasteiger partial charge on any atom is -0.322 e. The van der Waals surface area contributed by atoms with Crippen LogP contribution in [0.15, 0.2) is 82.4 Å². The van der Waals surface area contributed by atoms with Gasteiger partial charge in [0.2, 0.25) is 0 Å². The zero-order valence-electron chi connectivity index (χ0n) is 15.4. The van der Waals surface area contributed by atoms with Crippen LogP contribution in [0, 0.1) is 10.1 Å². The van der Waals surface area contributed by atoms with Crippen LogP contribution in [0.1, 0.15) is 26.3 Å². The number of halogens is 1. The summed E-state index contributed by atoms with van der Waals surface area (Å²) in [7, 11) is 0. The lowest BCUT2D eigenvalue weighted by molar-refractivity contribution is -0.384. The Morgan fingerprint density at radius 1 is 0.933 bits per heavy atom. The number of nitro benzene ring substituents is 1. The molecule has 0 fully saturated rings. The zero-order valence-corrected chi connectivity index (χ0v) is 17.0. The molecule has 0 unspecified atom stereocenters. The van der Waals surface area contributed by atoms with Crippen molar-refractivity contribution in [2.75, 3.05) is 5.32 Å². The molecule has 0 spiro atoms. The molecule has 30 heavy (non-hydrogen) atoms. The Morgan fingerprint density at radius 2 is 1.57 bits per heavy atom. The number of non-ortho nitro benzene ring substituents is 1. The van der Waals surface area contributed by atoms with Gasteiger partial charge < -0.3 is 5.32 Å². The van der Waals surface area contributed by atoms with Gasteiger partial charge in [-0.1, -0.05) is 28.1 Å². The second kappa shape index (κ2) is 9.57. The number of nitrogens with zero attached hydrogens (tertiary/aromatic N) is 2. The van der Waals surface area contributed by atoms with Crippen LogP contribution in [0.5, 0.6) is 0 Å². The van der Waals surface area contributed by atoms with Crippen LogP contribution >= 0.6 is 15.9 Å². The van der Waals surface area contributed by atoms with Gasteiger partial charge in [-0.05, 0) is 48.5 Å². The first-order valence-corrected chi connectivity index (χ1v) is 9.46. The summed E-state index contributed by atoms with van der Waals surface area (Å²) < 4.78 is 0.877. The normalized spacial score (nSPS) is 10.6. The molecule has 150 valence electrons. The van der Waals surface area contributed by atoms with Crippen molar-refractivity contribution in [2.45, 2.75) is 0 Å². The number of nitrogens with one attached hydrogen (secondary N) is 2. The van der Waals surface area contributed by atoms with Crippen molar-refractivity contribution in [3.8, 4) is 0 Å². The van der Waals surface area contributed by atoms with Gasteiger partial charge in [-0.2, -0.15) is 5.10 Å². The molecule has 9 heteroatoms. The minimum atomic E-state index is -0.507. The summed E-state index contributed by atoms with van der Waals surface area (Å²) in [5.41, 5.74) is 4.17. The number of rotatable bonds is 6. The highest BCUT2D eigenvalue weighted by Gasteiger charge is 2.08. The van der Waals surface area contributed by atoms with Crippen LogP contribution in [0.2, 0.25) is 0 Å². The molecule has 0 saturated carbocycles. The number of anilines is 1. The summed E-state index contributed by atoms with van der Waals surface area (Å²) in [5.74, 6) is -0.719. The lowest BCUT2D eigenvalue weighted by atomic mass is 10.1. The SMILES string of the molecule is O=C(N/N=C\c1cccc([N+](=O)[O-])c1)c1ccc(NC(=O)c2ccc(Br)cc2)cc1. The zero-order chi connectivity index (χ0) is 21.5. The fraction of sp³-hybridized carbons (Fsp3) is 0. The number of hydrogen-bond acceptors (Lipinski definition) is 5. The molecule has 3 aromatic carbocycles. The molecular formula is C21H15BrN4O4. The molecule has 0 heterocycles. The number of amides is 2. The van der Waals surface area contributed by atoms with Crippen LogP contribution in [0.3, 0.4) is 0 Å². The van der Waals surface area contributed by atoms with E-state index in [4.69, 9.17) is 0 Å². The van der Waals surface area contributed by atoms with E-state index in [1.807, 2.05) is 0 Å². The van der Waals surface area contributed by atoms with Crippen molar-refractivity contribution in [2.24, 2.45) is 5.10 Å². The smallest absolute Gasteiger partial charge is 0.271 e. The van der Waals surface area contributed by atoms with Crippen molar-refractivity contribution in [1.29, 1.82) is 0 Å². The fourth-order valence-electron chi connectivity index (χ4n) is 2.46. The molecule has 0 atom stereocenters. The lowest BCUT2D eigenvalue weighted by Gasteiger charge is -2.06. The lowest BCUT2D eigenvalue weighted by Crippen LogP contribution is -2.17. The molecule has 8 nitrogen and oxygen atoms in total. The van der Waals surface area contributed by atoms with E-state index in [1.54, 1.807) is 54.6 Å². The average Bonchev–Trinajstić information content (AvgIpc) is 2.75. The summed E-state index contributed by atoms with van der Waals surface area (Å²) in [5, 5.41) is 17.3. The summed E-state index contributed by atoms with van der Waals surface area (Å²) >= 11 is 3.32. The maximum absolute atomic E-state index is 12.2. The van der Waals surface area contributed by atoms with E-state index in [0.717, 1.165) is 4.47 Å². The van der Waals surface area contributed by atoms with Crippen LogP contribution in [0.4, 0.5) is 11.4 Å². The average molecular weight is 467 g/mol. The number of hydrogen-bond donors (Lipinski definition) is 2. The Morgan fingerprint density at radius 3 is 2.23 bits per heavy atom. The topological polar surface area (TPSA) is 114 Å². The summed E-state index contributed by atoms with van der Waals surface area (Å²) in [6.07, 6.45) is 1.32. The second-order valence-electron chi connectivity index (χ2n) is 6.09. The Hall–Kier alpha value is -3.85. The number of hydrazone groups is 1. The van der Waals surface area contributed by atoms with E-state index in [2.05, 4.69) is 31.8 Å². The Labute approximate surface area is 179 Å². The van der Waals surface area contributed by atoms with Gasteiger partial charge in [-0.25, -0.2) is 5.43 Å². The monoisotopic (exact) mass is 466 g/mol. The maximum Gasteiger partial charge on any atom is 0.271 e. The van der Waals surface area contributed by atoms with Gasteiger partial charge in [0.15, 0.2) is 0 Å². The molecule has 0 saturated heterocycles. The van der Waals surface area contributed by atoms with E-state index >= 15 is 0 Å². The Kier molecular flexibility index (Phi) is 6.66. The van der Waals surface area contributed by atoms with Crippen molar-refractivity contribution in [3.63, 3.8) is 0 Å². The maximum atomic E-state index is 12.2. The van der Waals surface area contributed by atoms with Gasteiger partial charge in [0.05, 0.1) is 11.1 Å². The molecule has 0 aromatic heterocycles. The number of benzene rings is 3. The standard InChI is InChI=1S/C21H15BrN4O4/c22-17-8-4-15(5-9-17)20(27)24-18-10-6-16(7-11-18)21(28)25-23-13-14-2-1-3-19(12-14)26(29)30/h1-13H,(H,24,27)(H,25,28)/b23-13-. The van der Waals surface area contributed by atoms with Crippen LogP contribution < -0.4 is 10.7 Å².